The maximum atomic E-state index is 11.8. The Labute approximate surface area is 125 Å². The van der Waals surface area contributed by atoms with Gasteiger partial charge in [-0.05, 0) is 18.6 Å². The molecular formula is C15H25NOS2. The molecule has 1 aromatic heterocycles. The van der Waals surface area contributed by atoms with Crippen LogP contribution in [0.15, 0.2) is 11.6 Å². The van der Waals surface area contributed by atoms with Crippen LogP contribution in [-0.2, 0) is 0 Å². The molecule has 0 amide bonds. The molecule has 0 unspecified atom stereocenters. The lowest BCUT2D eigenvalue weighted by Crippen LogP contribution is -2.08. The van der Waals surface area contributed by atoms with E-state index in [4.69, 9.17) is 12.2 Å². The van der Waals surface area contributed by atoms with E-state index in [1.807, 2.05) is 5.38 Å². The van der Waals surface area contributed by atoms with E-state index >= 15 is 0 Å². The predicted octanol–water partition coefficient (Wildman–Crippen LogP) is 5.84. The zero-order valence-corrected chi connectivity index (χ0v) is 13.5. The van der Waals surface area contributed by atoms with Crippen molar-refractivity contribution < 1.29 is 4.79 Å². The summed E-state index contributed by atoms with van der Waals surface area (Å²) < 4.78 is 2.27. The lowest BCUT2D eigenvalue weighted by molar-refractivity contribution is 0.0898. The summed E-state index contributed by atoms with van der Waals surface area (Å²) in [6.07, 6.45) is 13.9. The molecule has 4 heteroatoms. The van der Waals surface area contributed by atoms with E-state index in [0.717, 1.165) is 12.8 Å². The van der Waals surface area contributed by atoms with Gasteiger partial charge in [-0.2, -0.15) is 0 Å². The second-order valence-electron chi connectivity index (χ2n) is 5.01. The minimum Gasteiger partial charge on any atom is -0.274 e. The number of thiazole rings is 1. The number of aromatic nitrogens is 1. The third-order valence-electron chi connectivity index (χ3n) is 3.34. The smallest absolute Gasteiger partial charge is 0.232 e. The summed E-state index contributed by atoms with van der Waals surface area (Å²) >= 11 is 6.54. The van der Waals surface area contributed by atoms with E-state index in [1.165, 1.54) is 56.3 Å². The first kappa shape index (κ1) is 16.6. The highest BCUT2D eigenvalue weighted by atomic mass is 32.1. The number of nitrogens with zero attached hydrogens (tertiary/aromatic N) is 1. The van der Waals surface area contributed by atoms with Crippen LogP contribution < -0.4 is 0 Å². The molecule has 0 N–H and O–H groups in total. The Morgan fingerprint density at radius 3 is 2.21 bits per heavy atom. The highest BCUT2D eigenvalue weighted by Gasteiger charge is 2.04. The van der Waals surface area contributed by atoms with Crippen molar-refractivity contribution in [1.82, 2.24) is 4.57 Å². The molecule has 0 bridgehead atoms. The molecular weight excluding hydrogens is 274 g/mol. The Bertz CT molecular complexity index is 408. The Morgan fingerprint density at radius 2 is 1.68 bits per heavy atom. The maximum absolute atomic E-state index is 11.8. The molecule has 1 heterocycles. The summed E-state index contributed by atoms with van der Waals surface area (Å²) in [4.78, 5) is 11.8. The number of hydrogen-bond donors (Lipinski definition) is 0. The van der Waals surface area contributed by atoms with Crippen LogP contribution in [0.1, 0.15) is 75.9 Å². The van der Waals surface area contributed by atoms with Crippen molar-refractivity contribution in [3.8, 4) is 0 Å². The molecule has 0 spiro atoms. The fourth-order valence-electron chi connectivity index (χ4n) is 2.16. The van der Waals surface area contributed by atoms with Gasteiger partial charge < -0.3 is 0 Å². The molecule has 0 aliphatic rings. The SMILES string of the molecule is CCCCCCCCCCCC(=O)n1ccsc1=S. The van der Waals surface area contributed by atoms with Crippen LogP contribution in [0.4, 0.5) is 0 Å². The van der Waals surface area contributed by atoms with Gasteiger partial charge in [-0.25, -0.2) is 0 Å². The molecule has 0 saturated heterocycles. The summed E-state index contributed by atoms with van der Waals surface area (Å²) in [5.41, 5.74) is 0. The first-order chi connectivity index (χ1) is 9.25. The van der Waals surface area contributed by atoms with Gasteiger partial charge in [-0.3, -0.25) is 9.36 Å². The van der Waals surface area contributed by atoms with Crippen molar-refractivity contribution in [2.24, 2.45) is 0 Å². The Morgan fingerprint density at radius 1 is 1.11 bits per heavy atom. The van der Waals surface area contributed by atoms with Crippen LogP contribution in [0.25, 0.3) is 0 Å². The molecule has 0 radical (unpaired) electrons. The molecule has 1 aromatic rings. The lowest BCUT2D eigenvalue weighted by atomic mass is 10.1. The third-order valence-corrected chi connectivity index (χ3v) is 4.48. The lowest BCUT2D eigenvalue weighted by Gasteiger charge is -2.02. The van der Waals surface area contributed by atoms with Gasteiger partial charge in [0, 0.05) is 18.0 Å². The highest BCUT2D eigenvalue weighted by molar-refractivity contribution is 7.73. The number of hydrogen-bond acceptors (Lipinski definition) is 3. The average molecular weight is 300 g/mol. The van der Waals surface area contributed by atoms with E-state index in [0.29, 0.717) is 10.4 Å². The fraction of sp³-hybridized carbons (Fsp3) is 0.733. The summed E-state index contributed by atoms with van der Waals surface area (Å²) in [5, 5.41) is 1.87. The number of unbranched alkanes of at least 4 members (excludes halogenated alkanes) is 8. The molecule has 0 saturated carbocycles. The molecule has 19 heavy (non-hydrogen) atoms. The van der Waals surface area contributed by atoms with Gasteiger partial charge in [-0.15, -0.1) is 11.3 Å². The van der Waals surface area contributed by atoms with Gasteiger partial charge in [0.15, 0.2) is 3.95 Å². The van der Waals surface area contributed by atoms with Gasteiger partial charge in [0.2, 0.25) is 5.91 Å². The normalized spacial score (nSPS) is 10.8. The molecule has 0 atom stereocenters. The summed E-state index contributed by atoms with van der Waals surface area (Å²) in [7, 11) is 0. The predicted molar refractivity (Wildman–Crippen MR) is 85.6 cm³/mol. The van der Waals surface area contributed by atoms with Crippen molar-refractivity contribution in [1.29, 1.82) is 0 Å². The van der Waals surface area contributed by atoms with Crippen LogP contribution in [0.2, 0.25) is 0 Å². The first-order valence-corrected chi connectivity index (χ1v) is 8.74. The van der Waals surface area contributed by atoms with Gasteiger partial charge in [0.05, 0.1) is 0 Å². The minimum absolute atomic E-state index is 0.147. The van der Waals surface area contributed by atoms with E-state index in [9.17, 15) is 4.79 Å². The van der Waals surface area contributed by atoms with E-state index < -0.39 is 0 Å². The van der Waals surface area contributed by atoms with Gasteiger partial charge >= 0.3 is 0 Å². The Hall–Kier alpha value is -0.480. The summed E-state index contributed by atoms with van der Waals surface area (Å²) in [6, 6.07) is 0. The van der Waals surface area contributed by atoms with E-state index in [2.05, 4.69) is 6.92 Å². The van der Waals surface area contributed by atoms with Crippen molar-refractivity contribution in [3.63, 3.8) is 0 Å². The van der Waals surface area contributed by atoms with E-state index in [-0.39, 0.29) is 5.91 Å². The van der Waals surface area contributed by atoms with Crippen LogP contribution in [0, 0.1) is 3.95 Å². The zero-order valence-electron chi connectivity index (χ0n) is 11.9. The number of rotatable bonds is 10. The van der Waals surface area contributed by atoms with Gasteiger partial charge in [0.1, 0.15) is 0 Å². The van der Waals surface area contributed by atoms with Crippen molar-refractivity contribution in [2.45, 2.75) is 71.1 Å². The van der Waals surface area contributed by atoms with Crippen molar-refractivity contribution in [3.05, 3.63) is 15.5 Å². The molecule has 2 nitrogen and oxygen atoms in total. The zero-order chi connectivity index (χ0) is 13.9. The molecule has 108 valence electrons. The van der Waals surface area contributed by atoms with Crippen LogP contribution in [0.3, 0.4) is 0 Å². The minimum atomic E-state index is 0.147. The van der Waals surface area contributed by atoms with Gasteiger partial charge in [0.25, 0.3) is 0 Å². The Balaban J connectivity index is 1.98. The molecule has 0 aliphatic carbocycles. The first-order valence-electron chi connectivity index (χ1n) is 7.45. The molecule has 1 rings (SSSR count). The molecule has 0 fully saturated rings. The summed E-state index contributed by atoms with van der Waals surface area (Å²) in [5.74, 6) is 0.147. The standard InChI is InChI=1S/C15H25NOS2/c1-2-3-4-5-6-7-8-9-10-11-14(17)16-12-13-19-15(16)18/h12-13H,2-11H2,1H3. The van der Waals surface area contributed by atoms with Crippen LogP contribution in [-0.4, -0.2) is 10.5 Å². The topological polar surface area (TPSA) is 22.0 Å². The highest BCUT2D eigenvalue weighted by Crippen LogP contribution is 2.12. The van der Waals surface area contributed by atoms with Crippen molar-refractivity contribution in [2.75, 3.05) is 0 Å². The Kier molecular flexibility index (Phi) is 9.01. The summed E-state index contributed by atoms with van der Waals surface area (Å²) in [6.45, 7) is 2.25. The quantitative estimate of drug-likeness (QED) is 0.400. The van der Waals surface area contributed by atoms with Crippen molar-refractivity contribution >= 4 is 29.5 Å². The second kappa shape index (κ2) is 10.3. The van der Waals surface area contributed by atoms with Gasteiger partial charge in [-0.1, -0.05) is 58.3 Å². The average Bonchev–Trinajstić information content (AvgIpc) is 2.83. The fourth-order valence-corrected chi connectivity index (χ4v) is 3.06. The largest absolute Gasteiger partial charge is 0.274 e. The monoisotopic (exact) mass is 299 g/mol. The van der Waals surface area contributed by atoms with Crippen LogP contribution >= 0.6 is 23.6 Å². The molecule has 0 aliphatic heterocycles. The number of carbonyl (C=O) groups is 1. The van der Waals surface area contributed by atoms with E-state index in [1.54, 1.807) is 10.8 Å². The third kappa shape index (κ3) is 7.02. The maximum Gasteiger partial charge on any atom is 0.232 e. The van der Waals surface area contributed by atoms with Crippen LogP contribution in [0.5, 0.6) is 0 Å². The number of carbonyl (C=O) groups excluding carboxylic acids is 1. The molecule has 0 aromatic carbocycles. The second-order valence-corrected chi connectivity index (χ2v) is 6.55.